The maximum Gasteiger partial charge on any atom is 0.308 e. The van der Waals surface area contributed by atoms with Crippen LogP contribution < -0.4 is 0 Å². The van der Waals surface area contributed by atoms with Crippen LogP contribution in [0.4, 0.5) is 17.6 Å². The first-order chi connectivity index (χ1) is 6.64. The molecule has 0 fully saturated rings. The van der Waals surface area contributed by atoms with Crippen LogP contribution in [0.3, 0.4) is 0 Å². The highest BCUT2D eigenvalue weighted by Crippen LogP contribution is 2.28. The van der Waals surface area contributed by atoms with Crippen LogP contribution in [0.25, 0.3) is 0 Å². The zero-order valence-electron chi connectivity index (χ0n) is 8.25. The van der Waals surface area contributed by atoms with Crippen molar-refractivity contribution in [1.29, 1.82) is 0 Å². The number of hydrogen-bond acceptors (Lipinski definition) is 1. The summed E-state index contributed by atoms with van der Waals surface area (Å²) >= 11 is 1.95. The molecule has 0 saturated carbocycles. The predicted octanol–water partition coefficient (Wildman–Crippen LogP) is 4.14. The Morgan fingerprint density at radius 3 is 1.67 bits per heavy atom. The van der Waals surface area contributed by atoms with Crippen molar-refractivity contribution in [2.24, 2.45) is 0 Å². The summed E-state index contributed by atoms with van der Waals surface area (Å²) in [6.07, 6.45) is 1.45. The molecule has 1 nitrogen and oxygen atoms in total. The Morgan fingerprint density at radius 2 is 1.40 bits per heavy atom. The summed E-state index contributed by atoms with van der Waals surface area (Å²) in [4.78, 5) is 1.11. The van der Waals surface area contributed by atoms with Gasteiger partial charge in [0.2, 0.25) is 0 Å². The van der Waals surface area contributed by atoms with E-state index < -0.39 is 20.9 Å². The molecule has 0 bridgehead atoms. The zero-order chi connectivity index (χ0) is 12.1. The summed E-state index contributed by atoms with van der Waals surface area (Å²) in [5.41, 5.74) is 0. The molecular formula is C8H13F4I2N. The molecule has 7 heteroatoms. The third-order valence-electron chi connectivity index (χ3n) is 1.63. The van der Waals surface area contributed by atoms with Gasteiger partial charge in [0.15, 0.2) is 0 Å². The fourth-order valence-electron chi connectivity index (χ4n) is 1.10. The highest BCUT2D eigenvalue weighted by molar-refractivity contribution is 14.1. The minimum Gasteiger partial charge on any atom is -0.290 e. The Bertz CT molecular complexity index is 162. The monoisotopic (exact) mass is 453 g/mol. The Hall–Kier alpha value is 1.14. The van der Waals surface area contributed by atoms with Gasteiger partial charge in [-0.15, -0.1) is 0 Å². The van der Waals surface area contributed by atoms with Crippen LogP contribution in [-0.4, -0.2) is 32.4 Å². The minimum absolute atomic E-state index is 0.285. The predicted molar refractivity (Wildman–Crippen MR) is 69.3 cm³/mol. The van der Waals surface area contributed by atoms with Crippen molar-refractivity contribution in [1.82, 2.24) is 4.90 Å². The summed E-state index contributed by atoms with van der Waals surface area (Å²) in [5.74, 6) is 0. The lowest BCUT2D eigenvalue weighted by atomic mass is 10.3. The molecule has 0 radical (unpaired) electrons. The van der Waals surface area contributed by atoms with Gasteiger partial charge in [-0.3, -0.25) is 4.90 Å². The fraction of sp³-hybridized carbons (Fsp3) is 1.00. The lowest BCUT2D eigenvalue weighted by Crippen LogP contribution is -2.39. The van der Waals surface area contributed by atoms with Crippen LogP contribution in [0.2, 0.25) is 0 Å². The first kappa shape index (κ1) is 16.1. The molecule has 15 heavy (non-hydrogen) atoms. The lowest BCUT2D eigenvalue weighted by Gasteiger charge is -2.26. The average molecular weight is 453 g/mol. The zero-order valence-corrected chi connectivity index (χ0v) is 12.6. The highest BCUT2D eigenvalue weighted by atomic mass is 127. The molecule has 0 saturated heterocycles. The van der Waals surface area contributed by atoms with Crippen molar-refractivity contribution in [2.45, 2.75) is 27.6 Å². The van der Waals surface area contributed by atoms with E-state index in [4.69, 9.17) is 0 Å². The van der Waals surface area contributed by atoms with Gasteiger partial charge in [-0.1, -0.05) is 13.3 Å². The maximum atomic E-state index is 12.7. The molecule has 0 rings (SSSR count). The van der Waals surface area contributed by atoms with Crippen molar-refractivity contribution in [3.8, 4) is 0 Å². The molecule has 0 amide bonds. The molecule has 0 spiro atoms. The third-order valence-corrected chi connectivity index (χ3v) is 2.32. The summed E-state index contributed by atoms with van der Waals surface area (Å²) < 4.78 is 44.8. The molecule has 0 atom stereocenters. The van der Waals surface area contributed by atoms with E-state index in [1.807, 2.05) is 6.92 Å². The van der Waals surface area contributed by atoms with Gasteiger partial charge in [0.1, 0.15) is 0 Å². The number of unbranched alkanes of at least 4 members (excludes halogenated alkanes) is 1. The number of hydrogen-bond donors (Lipinski definition) is 0. The Balaban J connectivity index is 4.19. The van der Waals surface area contributed by atoms with Crippen molar-refractivity contribution >= 4 is 45.2 Å². The molecule has 0 unspecified atom stereocenters. The van der Waals surface area contributed by atoms with Gasteiger partial charge in [-0.05, 0) is 13.0 Å². The van der Waals surface area contributed by atoms with Crippen LogP contribution in [-0.2, 0) is 0 Å². The fourth-order valence-corrected chi connectivity index (χ4v) is 2.07. The van der Waals surface area contributed by atoms with E-state index in [-0.39, 0.29) is 6.54 Å². The Morgan fingerprint density at radius 1 is 1.00 bits per heavy atom. The molecule has 0 aliphatic rings. The van der Waals surface area contributed by atoms with Crippen molar-refractivity contribution in [2.75, 3.05) is 19.6 Å². The van der Waals surface area contributed by atoms with E-state index in [0.717, 1.165) is 56.5 Å². The van der Waals surface area contributed by atoms with Gasteiger partial charge in [0.05, 0.1) is 13.1 Å². The Kier molecular flexibility index (Phi) is 7.29. The lowest BCUT2D eigenvalue weighted by molar-refractivity contribution is 0.0257. The first-order valence-corrected chi connectivity index (χ1v) is 6.65. The van der Waals surface area contributed by atoms with Crippen LogP contribution in [0.5, 0.6) is 0 Å². The van der Waals surface area contributed by atoms with Crippen LogP contribution in [0.15, 0.2) is 0 Å². The molecule has 0 N–H and O–H groups in total. The number of halogens is 6. The van der Waals surface area contributed by atoms with E-state index in [9.17, 15) is 17.6 Å². The first-order valence-electron chi connectivity index (χ1n) is 4.50. The number of rotatable bonds is 7. The second-order valence-electron chi connectivity index (χ2n) is 3.29. The van der Waals surface area contributed by atoms with E-state index in [1.165, 1.54) is 0 Å². The van der Waals surface area contributed by atoms with Gasteiger partial charge in [0, 0.05) is 45.2 Å². The average Bonchev–Trinajstić information content (AvgIpc) is 1.94. The molecule has 92 valence electrons. The van der Waals surface area contributed by atoms with Crippen LogP contribution >= 0.6 is 45.2 Å². The van der Waals surface area contributed by atoms with Gasteiger partial charge >= 0.3 is 7.86 Å². The van der Waals surface area contributed by atoms with Gasteiger partial charge in [-0.25, -0.2) is 0 Å². The molecule has 0 aromatic heterocycles. The van der Waals surface area contributed by atoms with Crippen LogP contribution in [0, 0.1) is 0 Å². The molecule has 0 aromatic rings. The summed E-state index contributed by atoms with van der Waals surface area (Å²) in [6.45, 7) is 0.939. The highest BCUT2D eigenvalue weighted by Gasteiger charge is 2.33. The second-order valence-corrected chi connectivity index (χ2v) is 6.45. The topological polar surface area (TPSA) is 3.24 Å². The van der Waals surface area contributed by atoms with Crippen molar-refractivity contribution in [3.63, 3.8) is 0 Å². The van der Waals surface area contributed by atoms with E-state index >= 15 is 0 Å². The van der Waals surface area contributed by atoms with Gasteiger partial charge in [0.25, 0.3) is 0 Å². The largest absolute Gasteiger partial charge is 0.308 e. The van der Waals surface area contributed by atoms with E-state index in [1.54, 1.807) is 0 Å². The van der Waals surface area contributed by atoms with E-state index in [0.29, 0.717) is 6.42 Å². The standard InChI is InChI=1S/C8H13F4I2N/c1-2-3-4-15(5-7(9,10)13)6-8(11,12)14/h2-6H2,1H3. The van der Waals surface area contributed by atoms with Gasteiger partial charge in [-0.2, -0.15) is 17.6 Å². The van der Waals surface area contributed by atoms with Crippen LogP contribution in [0.1, 0.15) is 19.8 Å². The summed E-state index contributed by atoms with van der Waals surface area (Å²) in [6, 6.07) is 0. The summed E-state index contributed by atoms with van der Waals surface area (Å²) in [7, 11) is 0. The quantitative estimate of drug-likeness (QED) is 0.319. The molecule has 0 aromatic carbocycles. The summed E-state index contributed by atoms with van der Waals surface area (Å²) in [5, 5.41) is 0. The number of alkyl halides is 6. The molecule has 0 aliphatic heterocycles. The maximum absolute atomic E-state index is 12.7. The SMILES string of the molecule is CCCCN(CC(F)(F)I)CC(F)(F)I. The second kappa shape index (κ2) is 6.77. The van der Waals surface area contributed by atoms with Crippen molar-refractivity contribution in [3.05, 3.63) is 0 Å². The normalized spacial score (nSPS) is 13.6. The Labute approximate surface area is 114 Å². The number of nitrogens with zero attached hydrogens (tertiary/aromatic N) is 1. The van der Waals surface area contributed by atoms with E-state index in [2.05, 4.69) is 0 Å². The molecular weight excluding hydrogens is 440 g/mol. The molecule has 0 aliphatic carbocycles. The van der Waals surface area contributed by atoms with Crippen molar-refractivity contribution < 1.29 is 17.6 Å². The van der Waals surface area contributed by atoms with Gasteiger partial charge < -0.3 is 0 Å². The third kappa shape index (κ3) is 11.4. The molecule has 0 heterocycles. The smallest absolute Gasteiger partial charge is 0.290 e. The minimum atomic E-state index is -2.95.